The van der Waals surface area contributed by atoms with Crippen molar-refractivity contribution in [3.05, 3.63) is 71.8 Å². The third-order valence-corrected chi connectivity index (χ3v) is 3.20. The lowest BCUT2D eigenvalue weighted by atomic mass is 9.95. The van der Waals surface area contributed by atoms with Crippen LogP contribution in [0, 0.1) is 0 Å². The monoisotopic (exact) mass is 237 g/mol. The van der Waals surface area contributed by atoms with Crippen LogP contribution in [0.2, 0.25) is 0 Å². The van der Waals surface area contributed by atoms with Crippen LogP contribution in [-0.2, 0) is 0 Å². The predicted octanol–water partition coefficient (Wildman–Crippen LogP) is 2.39. The summed E-state index contributed by atoms with van der Waals surface area (Å²) in [5.41, 5.74) is 8.21. The first-order valence-electron chi connectivity index (χ1n) is 6.04. The van der Waals surface area contributed by atoms with Crippen LogP contribution in [0.25, 0.3) is 0 Å². The van der Waals surface area contributed by atoms with Gasteiger partial charge in [0.2, 0.25) is 0 Å². The van der Waals surface area contributed by atoms with E-state index in [2.05, 4.69) is 34.6 Å². The quantitative estimate of drug-likeness (QED) is 0.842. The zero-order valence-electron chi connectivity index (χ0n) is 9.95. The van der Waals surface area contributed by atoms with E-state index in [0.29, 0.717) is 5.96 Å². The first-order valence-corrected chi connectivity index (χ1v) is 6.04. The molecule has 1 unspecified atom stereocenters. The Bertz CT molecular complexity index is 548. The van der Waals surface area contributed by atoms with Gasteiger partial charge >= 0.3 is 0 Å². The lowest BCUT2D eigenvalue weighted by molar-refractivity contribution is 0.572. The molecular weight excluding hydrogens is 222 g/mol. The Hall–Kier alpha value is -2.29. The predicted molar refractivity (Wildman–Crippen MR) is 73.1 cm³/mol. The summed E-state index contributed by atoms with van der Waals surface area (Å²) in [6, 6.07) is 20.7. The summed E-state index contributed by atoms with van der Waals surface area (Å²) in [5, 5.41) is 3.25. The highest BCUT2D eigenvalue weighted by molar-refractivity contribution is 5.81. The molecule has 0 saturated carbocycles. The fraction of sp³-hybridized carbons (Fsp3) is 0.133. The van der Waals surface area contributed by atoms with Gasteiger partial charge in [0.25, 0.3) is 0 Å². The molecule has 1 aliphatic heterocycles. The molecule has 2 aromatic carbocycles. The van der Waals surface area contributed by atoms with Crippen molar-refractivity contribution in [3.8, 4) is 0 Å². The van der Waals surface area contributed by atoms with Crippen LogP contribution in [0.1, 0.15) is 23.2 Å². The summed E-state index contributed by atoms with van der Waals surface area (Å²) < 4.78 is 0. The molecule has 1 heterocycles. The molecule has 1 aliphatic rings. The van der Waals surface area contributed by atoms with E-state index in [1.807, 2.05) is 36.4 Å². The minimum atomic E-state index is 0.0496. The molecule has 0 aromatic heterocycles. The number of hydrogen-bond donors (Lipinski definition) is 2. The lowest BCUT2D eigenvalue weighted by Crippen LogP contribution is -2.30. The van der Waals surface area contributed by atoms with E-state index in [1.54, 1.807) is 0 Å². The molecule has 0 aliphatic carbocycles. The molecule has 3 nitrogen and oxygen atoms in total. The Morgan fingerprint density at radius 1 is 0.833 bits per heavy atom. The van der Waals surface area contributed by atoms with Crippen molar-refractivity contribution in [2.24, 2.45) is 10.7 Å². The molecule has 90 valence electrons. The van der Waals surface area contributed by atoms with Crippen molar-refractivity contribution in [1.82, 2.24) is 5.32 Å². The second-order valence-electron chi connectivity index (χ2n) is 4.40. The van der Waals surface area contributed by atoms with Gasteiger partial charge in [0, 0.05) is 0 Å². The van der Waals surface area contributed by atoms with E-state index < -0.39 is 0 Å². The maximum Gasteiger partial charge on any atom is 0.189 e. The van der Waals surface area contributed by atoms with Crippen molar-refractivity contribution < 1.29 is 0 Å². The third kappa shape index (κ3) is 1.95. The Morgan fingerprint density at radius 2 is 1.39 bits per heavy atom. The minimum Gasteiger partial charge on any atom is -0.370 e. The summed E-state index contributed by atoms with van der Waals surface area (Å²) in [6.45, 7) is 0. The standard InChI is InChI=1S/C15H15N3/c16-15-17-13(11-7-3-1-4-8-11)14(18-15)12-9-5-2-6-10-12/h1-10,13-14H,(H3,16,17,18)/t13-,14?/m1/s1. The van der Waals surface area contributed by atoms with Gasteiger partial charge in [-0.05, 0) is 11.1 Å². The molecule has 3 N–H and O–H groups in total. The van der Waals surface area contributed by atoms with Crippen LogP contribution in [0.15, 0.2) is 65.7 Å². The van der Waals surface area contributed by atoms with Crippen LogP contribution in [0.4, 0.5) is 0 Å². The molecule has 0 saturated heterocycles. The number of guanidine groups is 1. The molecule has 2 atom stereocenters. The molecule has 3 rings (SSSR count). The SMILES string of the molecule is NC1=N[C@H](c2ccccc2)C(c2ccccc2)N1. The second kappa shape index (κ2) is 4.53. The third-order valence-electron chi connectivity index (χ3n) is 3.20. The molecular formula is C15H15N3. The van der Waals surface area contributed by atoms with Crippen molar-refractivity contribution in [2.45, 2.75) is 12.1 Å². The number of hydrogen-bond acceptors (Lipinski definition) is 3. The Balaban J connectivity index is 1.97. The second-order valence-corrected chi connectivity index (χ2v) is 4.40. The maximum atomic E-state index is 5.83. The smallest absolute Gasteiger partial charge is 0.189 e. The van der Waals surface area contributed by atoms with Crippen LogP contribution in [-0.4, -0.2) is 5.96 Å². The zero-order valence-corrected chi connectivity index (χ0v) is 9.95. The van der Waals surface area contributed by atoms with Crippen molar-refractivity contribution in [2.75, 3.05) is 0 Å². The first kappa shape index (κ1) is 10.8. The Morgan fingerprint density at radius 3 is 2.00 bits per heavy atom. The highest BCUT2D eigenvalue weighted by atomic mass is 15.2. The number of rotatable bonds is 2. The van der Waals surface area contributed by atoms with Gasteiger partial charge in [-0.1, -0.05) is 60.7 Å². The van der Waals surface area contributed by atoms with Crippen molar-refractivity contribution in [1.29, 1.82) is 0 Å². The molecule has 3 heteroatoms. The summed E-state index contributed by atoms with van der Waals surface area (Å²) >= 11 is 0. The number of benzene rings is 2. The average Bonchev–Trinajstić information content (AvgIpc) is 2.83. The lowest BCUT2D eigenvalue weighted by Gasteiger charge is -2.19. The van der Waals surface area contributed by atoms with Crippen molar-refractivity contribution in [3.63, 3.8) is 0 Å². The maximum absolute atomic E-state index is 5.83. The zero-order chi connectivity index (χ0) is 12.4. The van der Waals surface area contributed by atoms with E-state index in [4.69, 9.17) is 5.73 Å². The molecule has 0 bridgehead atoms. The fourth-order valence-corrected chi connectivity index (χ4v) is 2.34. The van der Waals surface area contributed by atoms with Crippen LogP contribution in [0.5, 0.6) is 0 Å². The molecule has 0 amide bonds. The van der Waals surface area contributed by atoms with Gasteiger partial charge in [0.15, 0.2) is 5.96 Å². The topological polar surface area (TPSA) is 50.4 Å². The molecule has 0 radical (unpaired) electrons. The van der Waals surface area contributed by atoms with Gasteiger partial charge in [0.1, 0.15) is 6.04 Å². The van der Waals surface area contributed by atoms with E-state index in [1.165, 1.54) is 11.1 Å². The van der Waals surface area contributed by atoms with Gasteiger partial charge < -0.3 is 11.1 Å². The Labute approximate surface area is 106 Å². The van der Waals surface area contributed by atoms with Gasteiger partial charge in [-0.2, -0.15) is 0 Å². The summed E-state index contributed by atoms with van der Waals surface area (Å²) in [6.07, 6.45) is 0. The van der Waals surface area contributed by atoms with Crippen molar-refractivity contribution >= 4 is 5.96 Å². The van der Waals surface area contributed by atoms with E-state index in [-0.39, 0.29) is 12.1 Å². The summed E-state index contributed by atoms with van der Waals surface area (Å²) in [4.78, 5) is 4.50. The largest absolute Gasteiger partial charge is 0.370 e. The average molecular weight is 237 g/mol. The molecule has 0 fully saturated rings. The Kier molecular flexibility index (Phi) is 2.73. The summed E-state index contributed by atoms with van der Waals surface area (Å²) in [7, 11) is 0. The minimum absolute atomic E-state index is 0.0496. The first-order chi connectivity index (χ1) is 8.84. The van der Waals surface area contributed by atoms with Gasteiger partial charge in [0.05, 0.1) is 6.04 Å². The molecule has 0 spiro atoms. The van der Waals surface area contributed by atoms with Gasteiger partial charge in [-0.3, -0.25) is 0 Å². The molecule has 2 aromatic rings. The van der Waals surface area contributed by atoms with Gasteiger partial charge in [-0.25, -0.2) is 4.99 Å². The highest BCUT2D eigenvalue weighted by Gasteiger charge is 2.29. The number of nitrogens with zero attached hydrogens (tertiary/aromatic N) is 1. The number of aliphatic imine (C=N–C) groups is 1. The van der Waals surface area contributed by atoms with Crippen LogP contribution < -0.4 is 11.1 Å². The van der Waals surface area contributed by atoms with Crippen LogP contribution >= 0.6 is 0 Å². The summed E-state index contributed by atoms with van der Waals surface area (Å²) in [5.74, 6) is 0.512. The molecule has 18 heavy (non-hydrogen) atoms. The van der Waals surface area contributed by atoms with E-state index in [0.717, 1.165) is 0 Å². The number of nitrogens with one attached hydrogen (secondary N) is 1. The fourth-order valence-electron chi connectivity index (χ4n) is 2.34. The van der Waals surface area contributed by atoms with Crippen LogP contribution in [0.3, 0.4) is 0 Å². The normalized spacial score (nSPS) is 22.3. The van der Waals surface area contributed by atoms with E-state index in [9.17, 15) is 0 Å². The van der Waals surface area contributed by atoms with E-state index >= 15 is 0 Å². The highest BCUT2D eigenvalue weighted by Crippen LogP contribution is 2.34. The van der Waals surface area contributed by atoms with Gasteiger partial charge in [-0.15, -0.1) is 0 Å². The number of nitrogens with two attached hydrogens (primary N) is 1.